The topological polar surface area (TPSA) is 119 Å². The zero-order valence-corrected chi connectivity index (χ0v) is 19.4. The molecule has 0 fully saturated rings. The van der Waals surface area contributed by atoms with E-state index in [2.05, 4.69) is 10.0 Å². The van der Waals surface area contributed by atoms with E-state index in [0.717, 1.165) is 0 Å². The van der Waals surface area contributed by atoms with Crippen molar-refractivity contribution in [2.24, 2.45) is 5.92 Å². The molecule has 2 N–H and O–H groups in total. The standard InChI is InChI=1S/C21H28N2O6S2/c1-16(2)20(23-31(27,28)19-12-10-17(29-3)11-13-19)21(24)22-14-7-15-30(25,26)18-8-5-4-6-9-18/h4-6,8-13,16,20,23H,7,14-15H2,1-3H3,(H,22,24)/t20-/m0/s1. The average molecular weight is 469 g/mol. The summed E-state index contributed by atoms with van der Waals surface area (Å²) in [5, 5.41) is 2.63. The van der Waals surface area contributed by atoms with Gasteiger partial charge in [-0.25, -0.2) is 16.8 Å². The quantitative estimate of drug-likeness (QED) is 0.487. The highest BCUT2D eigenvalue weighted by Gasteiger charge is 2.28. The first-order chi connectivity index (χ1) is 14.6. The maximum atomic E-state index is 12.7. The normalized spacial score (nSPS) is 13.0. The van der Waals surface area contributed by atoms with Crippen LogP contribution in [0.3, 0.4) is 0 Å². The first kappa shape index (κ1) is 24.8. The number of carbonyl (C=O) groups excluding carboxylic acids is 1. The Morgan fingerprint density at radius 3 is 2.10 bits per heavy atom. The number of amides is 1. The molecule has 31 heavy (non-hydrogen) atoms. The van der Waals surface area contributed by atoms with Gasteiger partial charge in [-0.05, 0) is 48.7 Å². The van der Waals surface area contributed by atoms with Crippen LogP contribution in [0.25, 0.3) is 0 Å². The van der Waals surface area contributed by atoms with Crippen LogP contribution in [-0.2, 0) is 24.7 Å². The first-order valence-electron chi connectivity index (χ1n) is 9.79. The molecule has 2 aromatic rings. The Kier molecular flexibility index (Phi) is 8.60. The van der Waals surface area contributed by atoms with Crippen molar-refractivity contribution in [1.29, 1.82) is 0 Å². The van der Waals surface area contributed by atoms with Crippen molar-refractivity contribution in [3.8, 4) is 5.75 Å². The molecular formula is C21H28N2O6S2. The molecule has 0 aliphatic rings. The average Bonchev–Trinajstić information content (AvgIpc) is 2.75. The van der Waals surface area contributed by atoms with Crippen LogP contribution in [0.1, 0.15) is 20.3 Å². The molecule has 2 rings (SSSR count). The van der Waals surface area contributed by atoms with E-state index >= 15 is 0 Å². The van der Waals surface area contributed by atoms with Gasteiger partial charge < -0.3 is 10.1 Å². The van der Waals surface area contributed by atoms with Crippen molar-refractivity contribution in [3.05, 3.63) is 54.6 Å². The second-order valence-electron chi connectivity index (χ2n) is 7.30. The van der Waals surface area contributed by atoms with Crippen LogP contribution >= 0.6 is 0 Å². The molecule has 0 radical (unpaired) electrons. The molecule has 0 saturated heterocycles. The molecule has 0 heterocycles. The second-order valence-corrected chi connectivity index (χ2v) is 11.1. The van der Waals surface area contributed by atoms with E-state index in [4.69, 9.17) is 4.74 Å². The van der Waals surface area contributed by atoms with Gasteiger partial charge in [-0.2, -0.15) is 4.72 Å². The van der Waals surface area contributed by atoms with E-state index in [1.54, 1.807) is 32.0 Å². The third kappa shape index (κ3) is 7.05. The minimum absolute atomic E-state index is 0.0145. The Hall–Kier alpha value is -2.43. The highest BCUT2D eigenvalue weighted by Crippen LogP contribution is 2.17. The number of sulfonamides is 1. The van der Waals surface area contributed by atoms with Crippen molar-refractivity contribution in [2.45, 2.75) is 36.1 Å². The van der Waals surface area contributed by atoms with Gasteiger partial charge in [0.15, 0.2) is 9.84 Å². The molecule has 0 aliphatic carbocycles. The zero-order chi connectivity index (χ0) is 23.1. The van der Waals surface area contributed by atoms with Crippen molar-refractivity contribution in [3.63, 3.8) is 0 Å². The SMILES string of the molecule is COc1ccc(S(=O)(=O)N[C@H](C(=O)NCCCS(=O)(=O)c2ccccc2)C(C)C)cc1. The fraction of sp³-hybridized carbons (Fsp3) is 0.381. The molecule has 0 unspecified atom stereocenters. The lowest BCUT2D eigenvalue weighted by Crippen LogP contribution is -2.49. The minimum Gasteiger partial charge on any atom is -0.497 e. The number of rotatable bonds is 11. The molecule has 1 atom stereocenters. The number of hydrogen-bond donors (Lipinski definition) is 2. The molecule has 0 aliphatic heterocycles. The van der Waals surface area contributed by atoms with Crippen molar-refractivity contribution < 1.29 is 26.4 Å². The van der Waals surface area contributed by atoms with Crippen LogP contribution in [-0.4, -0.2) is 48.2 Å². The molecule has 10 heteroatoms. The Labute approximate surface area is 184 Å². The van der Waals surface area contributed by atoms with Crippen LogP contribution in [0, 0.1) is 5.92 Å². The highest BCUT2D eigenvalue weighted by molar-refractivity contribution is 7.91. The molecule has 0 aromatic heterocycles. The molecule has 0 spiro atoms. The van der Waals surface area contributed by atoms with Gasteiger partial charge in [0.25, 0.3) is 0 Å². The predicted molar refractivity (Wildman–Crippen MR) is 118 cm³/mol. The van der Waals surface area contributed by atoms with E-state index < -0.39 is 31.8 Å². The van der Waals surface area contributed by atoms with Gasteiger partial charge in [-0.1, -0.05) is 32.0 Å². The lowest BCUT2D eigenvalue weighted by atomic mass is 10.1. The summed E-state index contributed by atoms with van der Waals surface area (Å²) in [6.45, 7) is 3.56. The van der Waals surface area contributed by atoms with Gasteiger partial charge in [-0.15, -0.1) is 0 Å². The van der Waals surface area contributed by atoms with E-state index in [1.807, 2.05) is 0 Å². The van der Waals surface area contributed by atoms with Crippen LogP contribution in [0.5, 0.6) is 5.75 Å². The van der Waals surface area contributed by atoms with Crippen molar-refractivity contribution >= 4 is 25.8 Å². The smallest absolute Gasteiger partial charge is 0.241 e. The maximum absolute atomic E-state index is 12.7. The number of hydrogen-bond acceptors (Lipinski definition) is 6. The Morgan fingerprint density at radius 2 is 1.55 bits per heavy atom. The fourth-order valence-corrected chi connectivity index (χ4v) is 5.49. The predicted octanol–water partition coefficient (Wildman–Crippen LogP) is 1.98. The largest absolute Gasteiger partial charge is 0.497 e. The number of nitrogens with one attached hydrogen (secondary N) is 2. The molecule has 0 bridgehead atoms. The highest BCUT2D eigenvalue weighted by atomic mass is 32.2. The number of benzene rings is 2. The number of ether oxygens (including phenoxy) is 1. The molecule has 2 aromatic carbocycles. The summed E-state index contributed by atoms with van der Waals surface area (Å²) in [5.74, 6) is -0.436. The van der Waals surface area contributed by atoms with E-state index in [1.165, 1.54) is 43.5 Å². The van der Waals surface area contributed by atoms with Gasteiger partial charge in [0.1, 0.15) is 11.8 Å². The summed E-state index contributed by atoms with van der Waals surface area (Å²) in [4.78, 5) is 12.8. The molecule has 0 saturated carbocycles. The lowest BCUT2D eigenvalue weighted by molar-refractivity contribution is -0.123. The Bertz CT molecular complexity index is 1070. The number of sulfone groups is 1. The van der Waals surface area contributed by atoms with Crippen molar-refractivity contribution in [1.82, 2.24) is 10.0 Å². The monoisotopic (exact) mass is 468 g/mol. The van der Waals surface area contributed by atoms with Gasteiger partial charge in [0.05, 0.1) is 22.7 Å². The lowest BCUT2D eigenvalue weighted by Gasteiger charge is -2.21. The third-order valence-corrected chi connectivity index (χ3v) is 7.87. The van der Waals surface area contributed by atoms with Gasteiger partial charge in [0, 0.05) is 6.54 Å². The zero-order valence-electron chi connectivity index (χ0n) is 17.7. The molecule has 170 valence electrons. The van der Waals surface area contributed by atoms with E-state index in [9.17, 15) is 21.6 Å². The second kappa shape index (κ2) is 10.7. The molecule has 1 amide bonds. The van der Waals surface area contributed by atoms with Crippen molar-refractivity contribution in [2.75, 3.05) is 19.4 Å². The van der Waals surface area contributed by atoms with Crippen LogP contribution in [0.2, 0.25) is 0 Å². The Morgan fingerprint density at radius 1 is 0.935 bits per heavy atom. The maximum Gasteiger partial charge on any atom is 0.241 e. The van der Waals surface area contributed by atoms with E-state index in [-0.39, 0.29) is 34.4 Å². The summed E-state index contributed by atoms with van der Waals surface area (Å²) >= 11 is 0. The first-order valence-corrected chi connectivity index (χ1v) is 12.9. The summed E-state index contributed by atoms with van der Waals surface area (Å²) in [6.07, 6.45) is 0.207. The van der Waals surface area contributed by atoms with Crippen LogP contribution in [0.4, 0.5) is 0 Å². The Balaban J connectivity index is 1.96. The summed E-state index contributed by atoms with van der Waals surface area (Å²) < 4.78 is 57.4. The number of methoxy groups -OCH3 is 1. The van der Waals surface area contributed by atoms with Crippen LogP contribution in [0.15, 0.2) is 64.4 Å². The van der Waals surface area contributed by atoms with Gasteiger partial charge in [-0.3, -0.25) is 4.79 Å². The summed E-state index contributed by atoms with van der Waals surface area (Å²) in [5.41, 5.74) is 0. The molecule has 8 nitrogen and oxygen atoms in total. The third-order valence-electron chi connectivity index (χ3n) is 4.59. The minimum atomic E-state index is -3.93. The summed E-state index contributed by atoms with van der Waals surface area (Å²) in [7, 11) is -5.89. The van der Waals surface area contributed by atoms with Gasteiger partial charge >= 0.3 is 0 Å². The summed E-state index contributed by atoms with van der Waals surface area (Å²) in [6, 6.07) is 12.9. The van der Waals surface area contributed by atoms with Crippen LogP contribution < -0.4 is 14.8 Å². The van der Waals surface area contributed by atoms with E-state index in [0.29, 0.717) is 5.75 Å². The fourth-order valence-electron chi connectivity index (χ4n) is 2.81. The van der Waals surface area contributed by atoms with Gasteiger partial charge in [0.2, 0.25) is 15.9 Å². The molecular weight excluding hydrogens is 440 g/mol. The number of carbonyl (C=O) groups is 1.